The number of benzene rings is 2. The van der Waals surface area contributed by atoms with Gasteiger partial charge in [0.1, 0.15) is 28.0 Å². The summed E-state index contributed by atoms with van der Waals surface area (Å²) in [6.45, 7) is 6.65. The van der Waals surface area contributed by atoms with Crippen LogP contribution in [-0.4, -0.2) is 34.8 Å². The lowest BCUT2D eigenvalue weighted by molar-refractivity contribution is -0.243. The van der Waals surface area contributed by atoms with E-state index in [4.69, 9.17) is 14.2 Å². The maximum absolute atomic E-state index is 14.0. The Hall–Kier alpha value is -1.77. The van der Waals surface area contributed by atoms with Gasteiger partial charge in [0.15, 0.2) is 0 Å². The van der Waals surface area contributed by atoms with Crippen LogP contribution >= 0.6 is 0 Å². The van der Waals surface area contributed by atoms with Crippen LogP contribution in [0.5, 0.6) is 0 Å². The zero-order valence-corrected chi connectivity index (χ0v) is 18.4. The highest BCUT2D eigenvalue weighted by molar-refractivity contribution is 7.91. The lowest BCUT2D eigenvalue weighted by atomic mass is 9.97. The molecule has 0 spiro atoms. The van der Waals surface area contributed by atoms with Gasteiger partial charge in [-0.25, -0.2) is 4.39 Å². The minimum absolute atomic E-state index is 0.297. The molecule has 2 atom stereocenters. The second-order valence-electron chi connectivity index (χ2n) is 8.05. The van der Waals surface area contributed by atoms with Crippen LogP contribution in [0.2, 0.25) is 0 Å². The van der Waals surface area contributed by atoms with E-state index < -0.39 is 28.0 Å². The number of halogens is 1. The van der Waals surface area contributed by atoms with E-state index in [1.54, 1.807) is 18.3 Å². The summed E-state index contributed by atoms with van der Waals surface area (Å²) in [5.74, 6) is -1.64. The molecule has 5 nitrogen and oxygen atoms in total. The van der Waals surface area contributed by atoms with Crippen LogP contribution in [0.1, 0.15) is 38.3 Å². The van der Waals surface area contributed by atoms with Gasteiger partial charge in [-0.15, -0.1) is 0 Å². The minimum Gasteiger partial charge on any atom is -0.591 e. The highest BCUT2D eigenvalue weighted by atomic mass is 32.2. The van der Waals surface area contributed by atoms with E-state index in [0.717, 1.165) is 5.56 Å². The van der Waals surface area contributed by atoms with Crippen LogP contribution in [0.25, 0.3) is 0 Å². The molecule has 1 aliphatic rings. The molecule has 3 rings (SSSR count). The van der Waals surface area contributed by atoms with Gasteiger partial charge in [0.05, 0.1) is 26.0 Å². The second-order valence-corrected chi connectivity index (χ2v) is 9.98. The normalized spacial score (nSPS) is 18.6. The van der Waals surface area contributed by atoms with E-state index in [2.05, 4.69) is 4.40 Å². The van der Waals surface area contributed by atoms with Crippen LogP contribution in [0, 0.1) is 5.82 Å². The largest absolute Gasteiger partial charge is 0.591 e. The first-order chi connectivity index (χ1) is 14.3. The molecular formula is C23H28FNO4S. The summed E-state index contributed by atoms with van der Waals surface area (Å²) in [6.07, 6.45) is 1.27. The van der Waals surface area contributed by atoms with Crippen molar-refractivity contribution in [3.8, 4) is 0 Å². The van der Waals surface area contributed by atoms with E-state index in [9.17, 15) is 8.94 Å². The van der Waals surface area contributed by atoms with Crippen molar-refractivity contribution in [3.05, 3.63) is 71.5 Å². The summed E-state index contributed by atoms with van der Waals surface area (Å²) in [6, 6.07) is 15.9. The van der Waals surface area contributed by atoms with Crippen LogP contribution in [-0.2, 0) is 38.0 Å². The third-order valence-corrected chi connectivity index (χ3v) is 6.06. The molecule has 0 N–H and O–H groups in total. The number of rotatable bonds is 8. The molecular weight excluding hydrogens is 405 g/mol. The first-order valence-corrected chi connectivity index (χ1v) is 11.1. The molecule has 1 aliphatic heterocycles. The Kier molecular flexibility index (Phi) is 7.65. The second kappa shape index (κ2) is 10.0. The Labute approximate surface area is 180 Å². The topological polar surface area (TPSA) is 63.1 Å². The number of hydrogen-bond donors (Lipinski definition) is 0. The van der Waals surface area contributed by atoms with Gasteiger partial charge in [0.2, 0.25) is 5.79 Å². The van der Waals surface area contributed by atoms with Crippen LogP contribution < -0.4 is 0 Å². The third-order valence-electron chi connectivity index (χ3n) is 4.67. The van der Waals surface area contributed by atoms with Crippen molar-refractivity contribution in [2.45, 2.75) is 50.4 Å². The summed E-state index contributed by atoms with van der Waals surface area (Å²) in [4.78, 5) is 0. The molecule has 2 aromatic rings. The fourth-order valence-electron chi connectivity index (χ4n) is 3.14. The van der Waals surface area contributed by atoms with Crippen molar-refractivity contribution in [1.29, 1.82) is 0 Å². The summed E-state index contributed by atoms with van der Waals surface area (Å²) < 4.78 is 48.2. The predicted molar refractivity (Wildman–Crippen MR) is 116 cm³/mol. The SMILES string of the molecule is CC(C)(C)[S+]([O-])/N=C\C[C@H](OCc1ccccc1)C1(c2cccc(F)c2)OCCO1. The number of nitrogens with zero attached hydrogens (tertiary/aromatic N) is 1. The fourth-order valence-corrected chi connectivity index (χ4v) is 3.68. The van der Waals surface area contributed by atoms with Gasteiger partial charge in [-0.3, -0.25) is 0 Å². The van der Waals surface area contributed by atoms with Crippen molar-refractivity contribution in [3.63, 3.8) is 0 Å². The summed E-state index contributed by atoms with van der Waals surface area (Å²) in [5, 5.41) is 0. The maximum Gasteiger partial charge on any atom is 0.222 e. The molecule has 0 aromatic heterocycles. The van der Waals surface area contributed by atoms with Crippen LogP contribution in [0.3, 0.4) is 0 Å². The summed E-state index contributed by atoms with van der Waals surface area (Å²) >= 11 is -1.38. The Balaban J connectivity index is 1.87. The Morgan fingerprint density at radius 1 is 1.17 bits per heavy atom. The Bertz CT molecular complexity index is 835. The van der Waals surface area contributed by atoms with E-state index >= 15 is 0 Å². The fraction of sp³-hybridized carbons (Fsp3) is 0.435. The first-order valence-electron chi connectivity index (χ1n) is 9.95. The standard InChI is InChI=1S/C23H28FNO4S/c1-22(2,3)30(26)25-13-12-21(27-17-18-8-5-4-6-9-18)23(28-14-15-29-23)19-10-7-11-20(24)16-19/h4-11,13,16,21H,12,14-15,17H2,1-3H3/b25-13-/t21-,30?/m0/s1. The molecule has 0 radical (unpaired) electrons. The Morgan fingerprint density at radius 2 is 1.87 bits per heavy atom. The summed E-state index contributed by atoms with van der Waals surface area (Å²) in [7, 11) is 0. The van der Waals surface area contributed by atoms with Crippen LogP contribution in [0.15, 0.2) is 59.0 Å². The first kappa shape index (κ1) is 22.9. The molecule has 1 fully saturated rings. The molecule has 1 saturated heterocycles. The lowest BCUT2D eigenvalue weighted by Gasteiger charge is -2.35. The zero-order chi connectivity index (χ0) is 21.6. The van der Waals surface area contributed by atoms with Crippen molar-refractivity contribution in [2.75, 3.05) is 13.2 Å². The molecule has 1 unspecified atom stereocenters. The van der Waals surface area contributed by atoms with Crippen molar-refractivity contribution < 1.29 is 23.2 Å². The average Bonchev–Trinajstić information content (AvgIpc) is 3.21. The molecule has 30 heavy (non-hydrogen) atoms. The molecule has 1 heterocycles. The highest BCUT2D eigenvalue weighted by Crippen LogP contribution is 2.38. The number of hydrogen-bond acceptors (Lipinski definition) is 5. The maximum atomic E-state index is 14.0. The van der Waals surface area contributed by atoms with E-state index in [-0.39, 0.29) is 5.82 Å². The quantitative estimate of drug-likeness (QED) is 0.453. The number of ether oxygens (including phenoxy) is 3. The summed E-state index contributed by atoms with van der Waals surface area (Å²) in [5.41, 5.74) is 1.54. The highest BCUT2D eigenvalue weighted by Gasteiger charge is 2.47. The molecule has 0 saturated carbocycles. The molecule has 0 aliphatic carbocycles. The third kappa shape index (κ3) is 5.68. The van der Waals surface area contributed by atoms with Crippen molar-refractivity contribution in [1.82, 2.24) is 0 Å². The smallest absolute Gasteiger partial charge is 0.222 e. The Morgan fingerprint density at radius 3 is 2.50 bits per heavy atom. The molecule has 0 amide bonds. The van der Waals surface area contributed by atoms with Gasteiger partial charge in [0, 0.05) is 12.0 Å². The van der Waals surface area contributed by atoms with Crippen molar-refractivity contribution >= 4 is 17.6 Å². The van der Waals surface area contributed by atoms with Crippen LogP contribution in [0.4, 0.5) is 4.39 Å². The van der Waals surface area contributed by atoms with Gasteiger partial charge in [0.25, 0.3) is 0 Å². The van der Waals surface area contributed by atoms with Crippen molar-refractivity contribution in [2.24, 2.45) is 4.40 Å². The average molecular weight is 434 g/mol. The van der Waals surface area contributed by atoms with Gasteiger partial charge in [-0.1, -0.05) is 46.9 Å². The van der Waals surface area contributed by atoms with E-state index in [1.807, 2.05) is 51.1 Å². The molecule has 162 valence electrons. The van der Waals surface area contributed by atoms with Gasteiger partial charge < -0.3 is 18.8 Å². The monoisotopic (exact) mass is 433 g/mol. The van der Waals surface area contributed by atoms with E-state index in [0.29, 0.717) is 31.8 Å². The van der Waals surface area contributed by atoms with Gasteiger partial charge in [-0.2, -0.15) is 0 Å². The lowest BCUT2D eigenvalue weighted by Crippen LogP contribution is -2.43. The zero-order valence-electron chi connectivity index (χ0n) is 17.5. The minimum atomic E-state index is -1.38. The molecule has 0 bridgehead atoms. The van der Waals surface area contributed by atoms with E-state index in [1.165, 1.54) is 12.1 Å². The predicted octanol–water partition coefficient (Wildman–Crippen LogP) is 4.53. The molecule has 2 aromatic carbocycles. The molecule has 7 heteroatoms. The van der Waals surface area contributed by atoms with Gasteiger partial charge >= 0.3 is 0 Å². The van der Waals surface area contributed by atoms with Gasteiger partial charge in [-0.05, 0) is 38.5 Å².